The molecule has 0 saturated carbocycles. The van der Waals surface area contributed by atoms with Crippen molar-refractivity contribution in [2.24, 2.45) is 0 Å². The highest BCUT2D eigenvalue weighted by Crippen LogP contribution is 2.48. The predicted molar refractivity (Wildman–Crippen MR) is 153 cm³/mol. The van der Waals surface area contributed by atoms with Crippen LogP contribution >= 0.6 is 35.1 Å². The molecule has 0 aromatic heterocycles. The fourth-order valence-electron chi connectivity index (χ4n) is 4.07. The van der Waals surface area contributed by atoms with Gasteiger partial charge in [0.15, 0.2) is 0 Å². The highest BCUT2D eigenvalue weighted by atomic mass is 35.5. The maximum Gasteiger partial charge on any atom is 0.0799 e. The number of hydrogen-bond donors (Lipinski definition) is 0. The van der Waals surface area contributed by atoms with Crippen molar-refractivity contribution in [3.63, 3.8) is 0 Å². The van der Waals surface area contributed by atoms with Crippen molar-refractivity contribution in [3.05, 3.63) is 124 Å². The molecule has 0 radical (unpaired) electrons. The Labute approximate surface area is 214 Å². The Hall–Kier alpha value is -2.85. The number of hydrogen-bond acceptors (Lipinski definition) is 3. The molecule has 34 heavy (non-hydrogen) atoms. The van der Waals surface area contributed by atoms with Crippen LogP contribution in [0, 0.1) is 6.92 Å². The largest absolute Gasteiger partial charge is 0.338 e. The molecule has 0 atom stereocenters. The molecule has 0 unspecified atom stereocenters. The highest BCUT2D eigenvalue weighted by Gasteiger charge is 2.23. The molecule has 0 fully saturated rings. The summed E-state index contributed by atoms with van der Waals surface area (Å²) >= 11 is 10.0. The second-order valence-electron chi connectivity index (χ2n) is 8.19. The van der Waals surface area contributed by atoms with Crippen LogP contribution in [0.15, 0.2) is 128 Å². The second-order valence-corrected chi connectivity index (χ2v) is 10.8. The molecule has 1 aliphatic heterocycles. The monoisotopic (exact) mass is 497 g/mol. The maximum atomic E-state index is 6.54. The molecule has 0 aliphatic carbocycles. The summed E-state index contributed by atoms with van der Waals surface area (Å²) in [5.74, 6) is 0. The average molecular weight is 498 g/mol. The number of halogens is 1. The Bertz CT molecular complexity index is 1510. The molecule has 1 heterocycles. The van der Waals surface area contributed by atoms with Gasteiger partial charge in [0.25, 0.3) is 0 Å². The number of fused-ring (bicyclic) bond motifs is 4. The summed E-state index contributed by atoms with van der Waals surface area (Å²) in [6.45, 7) is 6.38. The van der Waals surface area contributed by atoms with Gasteiger partial charge in [-0.25, -0.2) is 0 Å². The van der Waals surface area contributed by atoms with E-state index in [0.29, 0.717) is 5.03 Å². The maximum absolute atomic E-state index is 6.54. The van der Waals surface area contributed by atoms with E-state index in [-0.39, 0.29) is 0 Å². The summed E-state index contributed by atoms with van der Waals surface area (Å²) in [5.41, 5.74) is 2.48. The van der Waals surface area contributed by atoms with Crippen LogP contribution < -0.4 is 4.90 Å². The second kappa shape index (κ2) is 9.79. The smallest absolute Gasteiger partial charge is 0.0799 e. The van der Waals surface area contributed by atoms with E-state index in [0.717, 1.165) is 9.93 Å². The molecular weight excluding hydrogens is 474 g/mol. The van der Waals surface area contributed by atoms with E-state index in [1.807, 2.05) is 18.2 Å². The van der Waals surface area contributed by atoms with E-state index in [4.69, 9.17) is 11.6 Å². The molecule has 0 amide bonds. The van der Waals surface area contributed by atoms with Gasteiger partial charge in [-0.1, -0.05) is 108 Å². The van der Waals surface area contributed by atoms with E-state index in [9.17, 15) is 0 Å². The minimum Gasteiger partial charge on any atom is -0.338 e. The van der Waals surface area contributed by atoms with E-state index in [1.54, 1.807) is 23.5 Å². The Morgan fingerprint density at radius 3 is 2.38 bits per heavy atom. The van der Waals surface area contributed by atoms with E-state index in [2.05, 4.69) is 104 Å². The summed E-state index contributed by atoms with van der Waals surface area (Å²) in [5, 5.41) is 6.85. The summed E-state index contributed by atoms with van der Waals surface area (Å²) in [6.07, 6.45) is 7.93. The molecule has 0 N–H and O–H groups in total. The first-order valence-corrected chi connectivity index (χ1v) is 13.1. The Balaban J connectivity index is 1.31. The molecule has 0 spiro atoms. The SMILES string of the molecule is C=C(/C=C/C(Cl)=C/C=C1\Sc2c(ccc3ccccc23)N1C)Sc1c(C)ccc2ccccc12. The van der Waals surface area contributed by atoms with Crippen LogP contribution in [0.4, 0.5) is 5.69 Å². The number of benzene rings is 4. The van der Waals surface area contributed by atoms with Gasteiger partial charge >= 0.3 is 0 Å². The van der Waals surface area contributed by atoms with Crippen molar-refractivity contribution in [2.45, 2.75) is 16.7 Å². The topological polar surface area (TPSA) is 3.24 Å². The molecule has 1 aliphatic rings. The van der Waals surface area contributed by atoms with Crippen molar-refractivity contribution < 1.29 is 0 Å². The Morgan fingerprint density at radius 1 is 0.912 bits per heavy atom. The number of anilines is 1. The van der Waals surface area contributed by atoms with Crippen LogP contribution in [0.25, 0.3) is 21.5 Å². The fraction of sp³-hybridized carbons (Fsp3) is 0.0667. The predicted octanol–water partition coefficient (Wildman–Crippen LogP) is 9.67. The van der Waals surface area contributed by atoms with Crippen molar-refractivity contribution in [3.8, 4) is 0 Å². The Morgan fingerprint density at radius 2 is 1.59 bits per heavy atom. The molecular formula is C30H24ClNS2. The first-order chi connectivity index (χ1) is 16.5. The van der Waals surface area contributed by atoms with E-state index < -0.39 is 0 Å². The van der Waals surface area contributed by atoms with Crippen LogP contribution in [-0.4, -0.2) is 7.05 Å². The molecule has 0 bridgehead atoms. The molecule has 4 heteroatoms. The average Bonchev–Trinajstić information content (AvgIpc) is 3.19. The zero-order valence-electron chi connectivity index (χ0n) is 19.1. The van der Waals surface area contributed by atoms with Gasteiger partial charge in [0.2, 0.25) is 0 Å². The molecule has 5 rings (SSSR count). The van der Waals surface area contributed by atoms with Crippen LogP contribution in [0.2, 0.25) is 0 Å². The number of aryl methyl sites for hydroxylation is 1. The van der Waals surface area contributed by atoms with Crippen molar-refractivity contribution in [1.29, 1.82) is 0 Å². The van der Waals surface area contributed by atoms with Gasteiger partial charge in [0.05, 0.1) is 10.7 Å². The number of thioether (sulfide) groups is 2. The normalized spacial score (nSPS) is 15.1. The summed E-state index contributed by atoms with van der Waals surface area (Å²) < 4.78 is 0. The standard InChI is InChI=1S/C30H24ClNS2/c1-20-12-14-22-8-4-6-10-25(22)29(20)33-21(2)13-16-24(31)17-19-28-32(3)27-18-15-23-9-5-7-11-26(23)30(27)34-28/h4-19H,2H2,1,3H3/b16-13+,24-17-,28-19-. The van der Waals surface area contributed by atoms with Crippen molar-refractivity contribution >= 4 is 62.4 Å². The highest BCUT2D eigenvalue weighted by molar-refractivity contribution is 8.04. The van der Waals surface area contributed by atoms with Gasteiger partial charge in [-0.3, -0.25) is 0 Å². The lowest BCUT2D eigenvalue weighted by molar-refractivity contribution is 1.18. The zero-order valence-corrected chi connectivity index (χ0v) is 21.5. The third-order valence-electron chi connectivity index (χ3n) is 5.88. The van der Waals surface area contributed by atoms with Gasteiger partial charge in [0, 0.05) is 26.8 Å². The lowest BCUT2D eigenvalue weighted by Gasteiger charge is -2.13. The zero-order chi connectivity index (χ0) is 23.7. The van der Waals surface area contributed by atoms with Crippen molar-refractivity contribution in [2.75, 3.05) is 11.9 Å². The van der Waals surface area contributed by atoms with Gasteiger partial charge in [-0.2, -0.15) is 0 Å². The number of allylic oxidation sites excluding steroid dienone is 5. The van der Waals surface area contributed by atoms with Crippen LogP contribution in [-0.2, 0) is 0 Å². The minimum absolute atomic E-state index is 0.665. The van der Waals surface area contributed by atoms with Gasteiger partial charge in [0.1, 0.15) is 0 Å². The quantitative estimate of drug-likeness (QED) is 0.199. The molecule has 0 saturated heterocycles. The Kier molecular flexibility index (Phi) is 6.60. The molecule has 168 valence electrons. The molecule has 4 aromatic carbocycles. The van der Waals surface area contributed by atoms with Crippen LogP contribution in [0.5, 0.6) is 0 Å². The lowest BCUT2D eigenvalue weighted by atomic mass is 10.1. The lowest BCUT2D eigenvalue weighted by Crippen LogP contribution is -2.09. The molecule has 4 aromatic rings. The summed E-state index contributed by atoms with van der Waals surface area (Å²) in [7, 11) is 2.10. The van der Waals surface area contributed by atoms with Gasteiger partial charge in [-0.05, 0) is 64.4 Å². The van der Waals surface area contributed by atoms with Gasteiger partial charge < -0.3 is 4.90 Å². The third kappa shape index (κ3) is 4.56. The van der Waals surface area contributed by atoms with E-state index >= 15 is 0 Å². The first-order valence-electron chi connectivity index (χ1n) is 11.1. The minimum atomic E-state index is 0.665. The van der Waals surface area contributed by atoms with Crippen LogP contribution in [0.1, 0.15) is 5.56 Å². The number of rotatable bonds is 5. The third-order valence-corrected chi connectivity index (χ3v) is 8.53. The van der Waals surface area contributed by atoms with E-state index in [1.165, 1.54) is 42.6 Å². The van der Waals surface area contributed by atoms with Crippen LogP contribution in [0.3, 0.4) is 0 Å². The first kappa shape index (κ1) is 22.9. The van der Waals surface area contributed by atoms with Crippen molar-refractivity contribution in [1.82, 2.24) is 0 Å². The summed E-state index contributed by atoms with van der Waals surface area (Å²) in [4.78, 5) is 5.70. The number of nitrogens with zero attached hydrogens (tertiary/aromatic N) is 1. The van der Waals surface area contributed by atoms with Gasteiger partial charge in [-0.15, -0.1) is 0 Å². The summed E-state index contributed by atoms with van der Waals surface area (Å²) in [6, 6.07) is 25.7. The fourth-order valence-corrected chi connectivity index (χ4v) is 6.31. The molecule has 1 nitrogen and oxygen atoms in total.